The van der Waals surface area contributed by atoms with Crippen LogP contribution in [0.3, 0.4) is 0 Å². The van der Waals surface area contributed by atoms with Crippen molar-refractivity contribution in [3.05, 3.63) is 47.0 Å². The van der Waals surface area contributed by atoms with E-state index in [1.54, 1.807) is 6.33 Å². The highest BCUT2D eigenvalue weighted by atomic mass is 35.5. The molecule has 100 valence electrons. The van der Waals surface area contributed by atoms with Crippen molar-refractivity contribution < 1.29 is 0 Å². The van der Waals surface area contributed by atoms with Crippen LogP contribution in [-0.4, -0.2) is 21.2 Å². The first-order valence-corrected chi connectivity index (χ1v) is 6.97. The second-order valence-electron chi connectivity index (χ2n) is 5.15. The van der Waals surface area contributed by atoms with E-state index in [4.69, 9.17) is 11.6 Å². The van der Waals surface area contributed by atoms with Gasteiger partial charge in [0.15, 0.2) is 0 Å². The van der Waals surface area contributed by atoms with Gasteiger partial charge < -0.3 is 5.32 Å². The zero-order chi connectivity index (χ0) is 13.2. The summed E-state index contributed by atoms with van der Waals surface area (Å²) in [6.07, 6.45) is 3.80. The third kappa shape index (κ3) is 2.65. The molecular weight excluding hydrogens is 260 g/mol. The van der Waals surface area contributed by atoms with Gasteiger partial charge in [-0.2, -0.15) is 5.10 Å². The number of nitrogens with zero attached hydrogens (tertiary/aromatic N) is 2. The summed E-state index contributed by atoms with van der Waals surface area (Å²) in [6.45, 7) is 2.10. The fourth-order valence-electron chi connectivity index (χ4n) is 2.67. The van der Waals surface area contributed by atoms with Gasteiger partial charge in [-0.1, -0.05) is 29.8 Å². The monoisotopic (exact) mass is 276 g/mol. The number of rotatable bonds is 4. The molecule has 1 aliphatic carbocycles. The van der Waals surface area contributed by atoms with E-state index in [1.165, 1.54) is 5.56 Å². The van der Waals surface area contributed by atoms with E-state index in [1.807, 2.05) is 12.1 Å². The van der Waals surface area contributed by atoms with Gasteiger partial charge in [0.2, 0.25) is 0 Å². The van der Waals surface area contributed by atoms with Crippen molar-refractivity contribution in [2.24, 2.45) is 0 Å². The summed E-state index contributed by atoms with van der Waals surface area (Å²) in [4.78, 5) is 4.17. The molecule has 1 aromatic carbocycles. The molecule has 1 saturated carbocycles. The lowest BCUT2D eigenvalue weighted by Gasteiger charge is -2.38. The lowest BCUT2D eigenvalue weighted by Crippen LogP contribution is -2.41. The minimum absolute atomic E-state index is 0.208. The zero-order valence-corrected chi connectivity index (χ0v) is 11.6. The first-order valence-electron chi connectivity index (χ1n) is 6.59. The molecule has 1 heterocycles. The molecule has 1 fully saturated rings. The molecule has 19 heavy (non-hydrogen) atoms. The van der Waals surface area contributed by atoms with E-state index < -0.39 is 0 Å². The summed E-state index contributed by atoms with van der Waals surface area (Å²) in [5, 5.41) is 11.2. The summed E-state index contributed by atoms with van der Waals surface area (Å²) in [6, 6.07) is 8.87. The molecule has 1 unspecified atom stereocenters. The number of halogens is 1. The van der Waals surface area contributed by atoms with Gasteiger partial charge in [0.1, 0.15) is 12.2 Å². The standard InChI is InChI=1S/C14H17ClN4/c1-9(14-16-8-17-19-14)18-11-6-10(7-11)12-4-2-3-5-13(12)15/h2-5,8-11,18H,6-7H2,1H3,(H,16,17,19). The van der Waals surface area contributed by atoms with Crippen molar-refractivity contribution in [2.45, 2.75) is 37.8 Å². The Labute approximate surface area is 117 Å². The molecule has 1 atom stereocenters. The Hall–Kier alpha value is -1.39. The van der Waals surface area contributed by atoms with Crippen LogP contribution in [0, 0.1) is 0 Å². The smallest absolute Gasteiger partial charge is 0.141 e. The van der Waals surface area contributed by atoms with Crippen LogP contribution in [0.2, 0.25) is 5.02 Å². The molecule has 0 radical (unpaired) electrons. The predicted octanol–water partition coefficient (Wildman–Crippen LogP) is 3.05. The van der Waals surface area contributed by atoms with Crippen LogP contribution < -0.4 is 5.32 Å². The van der Waals surface area contributed by atoms with Crippen LogP contribution in [0.1, 0.15) is 43.1 Å². The molecule has 2 N–H and O–H groups in total. The van der Waals surface area contributed by atoms with E-state index in [0.717, 1.165) is 23.7 Å². The van der Waals surface area contributed by atoms with Crippen LogP contribution in [0.15, 0.2) is 30.6 Å². The predicted molar refractivity (Wildman–Crippen MR) is 75.1 cm³/mol. The van der Waals surface area contributed by atoms with Gasteiger partial charge in [-0.15, -0.1) is 0 Å². The van der Waals surface area contributed by atoms with E-state index in [9.17, 15) is 0 Å². The number of nitrogens with one attached hydrogen (secondary N) is 2. The summed E-state index contributed by atoms with van der Waals surface area (Å²) in [5.41, 5.74) is 1.27. The third-order valence-corrected chi connectivity index (χ3v) is 4.16. The number of hydrogen-bond donors (Lipinski definition) is 2. The molecule has 0 amide bonds. The van der Waals surface area contributed by atoms with E-state index in [2.05, 4.69) is 39.6 Å². The van der Waals surface area contributed by atoms with Crippen molar-refractivity contribution >= 4 is 11.6 Å². The summed E-state index contributed by atoms with van der Waals surface area (Å²) >= 11 is 6.22. The molecular formula is C14H17ClN4. The van der Waals surface area contributed by atoms with Crippen LogP contribution in [0.25, 0.3) is 0 Å². The molecule has 1 aliphatic rings. The molecule has 1 aromatic heterocycles. The first kappa shape index (κ1) is 12.6. The Morgan fingerprint density at radius 3 is 2.84 bits per heavy atom. The van der Waals surface area contributed by atoms with Gasteiger partial charge in [0.25, 0.3) is 0 Å². The van der Waals surface area contributed by atoms with E-state index in [-0.39, 0.29) is 6.04 Å². The van der Waals surface area contributed by atoms with Crippen molar-refractivity contribution in [2.75, 3.05) is 0 Å². The molecule has 2 aromatic rings. The second kappa shape index (κ2) is 5.31. The molecule has 0 aliphatic heterocycles. The second-order valence-corrected chi connectivity index (χ2v) is 5.55. The fourth-order valence-corrected chi connectivity index (χ4v) is 2.96. The molecule has 0 saturated heterocycles. The molecule has 0 spiro atoms. The molecule has 3 rings (SSSR count). The average Bonchev–Trinajstić information content (AvgIpc) is 2.88. The zero-order valence-electron chi connectivity index (χ0n) is 10.8. The van der Waals surface area contributed by atoms with Crippen LogP contribution in [0.5, 0.6) is 0 Å². The largest absolute Gasteiger partial charge is 0.305 e. The highest BCUT2D eigenvalue weighted by Gasteiger charge is 2.32. The van der Waals surface area contributed by atoms with Crippen molar-refractivity contribution in [1.82, 2.24) is 20.5 Å². The van der Waals surface area contributed by atoms with Gasteiger partial charge in [-0.25, -0.2) is 4.98 Å². The van der Waals surface area contributed by atoms with Gasteiger partial charge in [-0.3, -0.25) is 5.10 Å². The Bertz CT molecular complexity index is 534. The number of aromatic nitrogens is 3. The summed E-state index contributed by atoms with van der Waals surface area (Å²) in [5.74, 6) is 1.47. The van der Waals surface area contributed by atoms with Gasteiger partial charge >= 0.3 is 0 Å². The Morgan fingerprint density at radius 1 is 1.37 bits per heavy atom. The maximum Gasteiger partial charge on any atom is 0.141 e. The highest BCUT2D eigenvalue weighted by molar-refractivity contribution is 6.31. The number of H-pyrrole nitrogens is 1. The van der Waals surface area contributed by atoms with Crippen LogP contribution in [-0.2, 0) is 0 Å². The summed E-state index contributed by atoms with van der Waals surface area (Å²) < 4.78 is 0. The highest BCUT2D eigenvalue weighted by Crippen LogP contribution is 2.40. The van der Waals surface area contributed by atoms with Gasteiger partial charge in [0, 0.05) is 11.1 Å². The normalized spacial score (nSPS) is 23.9. The van der Waals surface area contributed by atoms with Crippen LogP contribution >= 0.6 is 11.6 Å². The molecule has 4 nitrogen and oxygen atoms in total. The van der Waals surface area contributed by atoms with E-state index in [0.29, 0.717) is 12.0 Å². The van der Waals surface area contributed by atoms with Crippen molar-refractivity contribution in [3.63, 3.8) is 0 Å². The molecule has 5 heteroatoms. The third-order valence-electron chi connectivity index (χ3n) is 3.81. The van der Waals surface area contributed by atoms with Crippen molar-refractivity contribution in [3.8, 4) is 0 Å². The fraction of sp³-hybridized carbons (Fsp3) is 0.429. The quantitative estimate of drug-likeness (QED) is 0.902. The Balaban J connectivity index is 1.55. The molecule has 0 bridgehead atoms. The SMILES string of the molecule is CC(NC1CC(c2ccccc2Cl)C1)c1ncn[nH]1. The topological polar surface area (TPSA) is 53.6 Å². The number of aromatic amines is 1. The maximum absolute atomic E-state index is 6.22. The first-order chi connectivity index (χ1) is 9.24. The average molecular weight is 277 g/mol. The van der Waals surface area contributed by atoms with Crippen LogP contribution in [0.4, 0.5) is 0 Å². The Morgan fingerprint density at radius 2 is 2.16 bits per heavy atom. The number of hydrogen-bond acceptors (Lipinski definition) is 3. The Kier molecular flexibility index (Phi) is 3.53. The minimum atomic E-state index is 0.208. The summed E-state index contributed by atoms with van der Waals surface area (Å²) in [7, 11) is 0. The van der Waals surface area contributed by atoms with Crippen molar-refractivity contribution in [1.29, 1.82) is 0 Å². The minimum Gasteiger partial charge on any atom is -0.305 e. The van der Waals surface area contributed by atoms with E-state index >= 15 is 0 Å². The maximum atomic E-state index is 6.22. The number of benzene rings is 1. The lowest BCUT2D eigenvalue weighted by atomic mass is 9.75. The lowest BCUT2D eigenvalue weighted by molar-refractivity contribution is 0.268. The van der Waals surface area contributed by atoms with Gasteiger partial charge in [0.05, 0.1) is 6.04 Å². The van der Waals surface area contributed by atoms with Gasteiger partial charge in [-0.05, 0) is 37.3 Å².